The normalized spacial score (nSPS) is 11.2. The first kappa shape index (κ1) is 23.8. The molecule has 150 valence electrons. The minimum absolute atomic E-state index is 0.0622. The van der Waals surface area contributed by atoms with Gasteiger partial charge in [0, 0.05) is 0 Å². The van der Waals surface area contributed by atoms with Crippen LogP contribution >= 0.6 is 31.9 Å². The van der Waals surface area contributed by atoms with E-state index in [1.54, 1.807) is 0 Å². The molecule has 0 amide bonds. The first-order valence-corrected chi connectivity index (χ1v) is 12.0. The predicted octanol–water partition coefficient (Wildman–Crippen LogP) is 8.65. The van der Waals surface area contributed by atoms with Gasteiger partial charge >= 0.3 is 0 Å². The average Bonchev–Trinajstić information content (AvgIpc) is 2.64. The summed E-state index contributed by atoms with van der Waals surface area (Å²) in [5.41, 5.74) is 0.889. The molecule has 2 N–H and O–H groups in total. The van der Waals surface area contributed by atoms with E-state index >= 15 is 0 Å². The molecule has 1 rings (SSSR count). The first-order valence-electron chi connectivity index (χ1n) is 10.5. The highest BCUT2D eigenvalue weighted by Gasteiger charge is 2.13. The predicted molar refractivity (Wildman–Crippen MR) is 119 cm³/mol. The van der Waals surface area contributed by atoms with Gasteiger partial charge in [0.25, 0.3) is 0 Å². The summed E-state index contributed by atoms with van der Waals surface area (Å²) in [6.07, 6.45) is 19.7. The van der Waals surface area contributed by atoms with Gasteiger partial charge in [-0.2, -0.15) is 0 Å². The third-order valence-electron chi connectivity index (χ3n) is 5.05. The fourth-order valence-electron chi connectivity index (χ4n) is 3.35. The van der Waals surface area contributed by atoms with Crippen molar-refractivity contribution in [3.05, 3.63) is 20.6 Å². The lowest BCUT2D eigenvalue weighted by atomic mass is 10.0. The summed E-state index contributed by atoms with van der Waals surface area (Å²) in [5, 5.41) is 19.8. The van der Waals surface area contributed by atoms with E-state index in [0.29, 0.717) is 8.95 Å². The lowest BCUT2D eigenvalue weighted by Gasteiger charge is -2.09. The smallest absolute Gasteiger partial charge is 0.147 e. The van der Waals surface area contributed by atoms with Crippen molar-refractivity contribution in [2.24, 2.45) is 0 Å². The monoisotopic (exact) mass is 490 g/mol. The van der Waals surface area contributed by atoms with E-state index in [1.165, 1.54) is 83.5 Å². The van der Waals surface area contributed by atoms with Gasteiger partial charge in [0.05, 0.1) is 4.47 Å². The minimum Gasteiger partial charge on any atom is -0.506 e. The van der Waals surface area contributed by atoms with Crippen LogP contribution in [0.3, 0.4) is 0 Å². The number of benzene rings is 1. The van der Waals surface area contributed by atoms with Crippen LogP contribution in [0.5, 0.6) is 11.5 Å². The Balaban J connectivity index is 1.97. The summed E-state index contributed by atoms with van der Waals surface area (Å²) in [7, 11) is 0. The highest BCUT2D eigenvalue weighted by atomic mass is 79.9. The maximum atomic E-state index is 10.1. The number of rotatable bonds is 15. The molecule has 0 spiro atoms. The van der Waals surface area contributed by atoms with Gasteiger partial charge in [-0.1, -0.05) is 90.4 Å². The lowest BCUT2D eigenvalue weighted by Crippen LogP contribution is -1.90. The number of aromatic hydroxyl groups is 2. The molecule has 0 aliphatic rings. The number of hydrogen-bond acceptors (Lipinski definition) is 2. The molecule has 0 aromatic heterocycles. The molecule has 0 aliphatic heterocycles. The average molecular weight is 492 g/mol. The van der Waals surface area contributed by atoms with Crippen molar-refractivity contribution in [3.63, 3.8) is 0 Å². The van der Waals surface area contributed by atoms with Gasteiger partial charge in [0.2, 0.25) is 0 Å². The quantitative estimate of drug-likeness (QED) is 0.241. The third kappa shape index (κ3) is 9.64. The molecule has 0 fully saturated rings. The van der Waals surface area contributed by atoms with Crippen LogP contribution in [0.15, 0.2) is 15.0 Å². The van der Waals surface area contributed by atoms with Gasteiger partial charge in [-0.05, 0) is 56.3 Å². The van der Waals surface area contributed by atoms with Crippen LogP contribution in [0.1, 0.15) is 102 Å². The topological polar surface area (TPSA) is 40.5 Å². The van der Waals surface area contributed by atoms with Gasteiger partial charge in [-0.3, -0.25) is 0 Å². The molecule has 0 bridgehead atoms. The standard InChI is InChI=1S/C22H36Br2O2/c1-2-3-4-5-6-7-8-9-10-11-12-13-14-15-16-18-17-19(23)22(26)20(24)21(18)25/h17,25-26H,2-16H2,1H3. The van der Waals surface area contributed by atoms with Crippen molar-refractivity contribution >= 4 is 31.9 Å². The number of phenols is 2. The van der Waals surface area contributed by atoms with Crippen LogP contribution in [0.25, 0.3) is 0 Å². The molecule has 0 unspecified atom stereocenters. The van der Waals surface area contributed by atoms with E-state index in [1.807, 2.05) is 6.07 Å². The lowest BCUT2D eigenvalue weighted by molar-refractivity contribution is 0.436. The second-order valence-corrected chi connectivity index (χ2v) is 9.02. The van der Waals surface area contributed by atoms with Gasteiger partial charge in [-0.15, -0.1) is 0 Å². The molecule has 26 heavy (non-hydrogen) atoms. The molecule has 0 saturated heterocycles. The number of unbranched alkanes of at least 4 members (excludes halogenated alkanes) is 13. The van der Waals surface area contributed by atoms with Crippen molar-refractivity contribution in [1.82, 2.24) is 0 Å². The Morgan fingerprint density at radius 2 is 1.08 bits per heavy atom. The summed E-state index contributed by atoms with van der Waals surface area (Å²) in [6.45, 7) is 2.27. The van der Waals surface area contributed by atoms with Crippen molar-refractivity contribution < 1.29 is 10.2 Å². The van der Waals surface area contributed by atoms with Crippen LogP contribution in [-0.2, 0) is 6.42 Å². The number of hydrogen-bond donors (Lipinski definition) is 2. The van der Waals surface area contributed by atoms with Crippen molar-refractivity contribution in [2.75, 3.05) is 0 Å². The molecule has 0 radical (unpaired) electrons. The Morgan fingerprint density at radius 1 is 0.654 bits per heavy atom. The zero-order valence-corrected chi connectivity index (χ0v) is 19.5. The Bertz CT molecular complexity index is 503. The molecular formula is C22H36Br2O2. The van der Waals surface area contributed by atoms with Gasteiger partial charge < -0.3 is 10.2 Å². The van der Waals surface area contributed by atoms with Crippen LogP contribution < -0.4 is 0 Å². The fraction of sp³-hybridized carbons (Fsp3) is 0.727. The van der Waals surface area contributed by atoms with E-state index in [4.69, 9.17) is 0 Å². The van der Waals surface area contributed by atoms with Crippen LogP contribution in [0.4, 0.5) is 0 Å². The fourth-order valence-corrected chi connectivity index (χ4v) is 4.56. The van der Waals surface area contributed by atoms with Crippen LogP contribution in [0.2, 0.25) is 0 Å². The zero-order chi connectivity index (χ0) is 19.2. The molecular weight excluding hydrogens is 456 g/mol. The van der Waals surface area contributed by atoms with E-state index < -0.39 is 0 Å². The second-order valence-electron chi connectivity index (χ2n) is 7.37. The maximum absolute atomic E-state index is 10.1. The maximum Gasteiger partial charge on any atom is 0.147 e. The zero-order valence-electron chi connectivity index (χ0n) is 16.3. The molecule has 0 aliphatic carbocycles. The van der Waals surface area contributed by atoms with Crippen molar-refractivity contribution in [3.8, 4) is 11.5 Å². The molecule has 0 heterocycles. The van der Waals surface area contributed by atoms with Gasteiger partial charge in [-0.25, -0.2) is 0 Å². The summed E-state index contributed by atoms with van der Waals surface area (Å²) in [4.78, 5) is 0. The molecule has 0 atom stereocenters. The van der Waals surface area contributed by atoms with Crippen molar-refractivity contribution in [2.45, 2.75) is 103 Å². The summed E-state index contributed by atoms with van der Waals surface area (Å²) in [5.74, 6) is 0.229. The molecule has 4 heteroatoms. The molecule has 2 nitrogen and oxygen atoms in total. The molecule has 0 saturated carbocycles. The number of halogens is 2. The minimum atomic E-state index is 0.0622. The Hall–Kier alpha value is -0.220. The third-order valence-corrected chi connectivity index (χ3v) is 6.40. The SMILES string of the molecule is CCCCCCCCCCCCCCCCc1cc(Br)c(O)c(Br)c1O. The van der Waals surface area contributed by atoms with Crippen LogP contribution in [-0.4, -0.2) is 10.2 Å². The van der Waals surface area contributed by atoms with Crippen LogP contribution in [0, 0.1) is 0 Å². The highest BCUT2D eigenvalue weighted by Crippen LogP contribution is 2.41. The van der Waals surface area contributed by atoms with E-state index in [2.05, 4.69) is 38.8 Å². The number of aryl methyl sites for hydroxylation is 1. The van der Waals surface area contributed by atoms with Gasteiger partial charge in [0.15, 0.2) is 0 Å². The van der Waals surface area contributed by atoms with Gasteiger partial charge in [0.1, 0.15) is 16.0 Å². The summed E-state index contributed by atoms with van der Waals surface area (Å²) < 4.78 is 1.01. The van der Waals surface area contributed by atoms with Crippen molar-refractivity contribution in [1.29, 1.82) is 0 Å². The Labute approximate surface area is 177 Å². The Morgan fingerprint density at radius 3 is 1.54 bits per heavy atom. The summed E-state index contributed by atoms with van der Waals surface area (Å²) in [6, 6.07) is 1.82. The Kier molecular flexibility index (Phi) is 13.5. The first-order chi connectivity index (χ1) is 12.6. The van der Waals surface area contributed by atoms with E-state index in [9.17, 15) is 10.2 Å². The molecule has 1 aromatic rings. The van der Waals surface area contributed by atoms with E-state index in [0.717, 1.165) is 18.4 Å². The highest BCUT2D eigenvalue weighted by molar-refractivity contribution is 9.11. The second kappa shape index (κ2) is 14.8. The van der Waals surface area contributed by atoms with E-state index in [-0.39, 0.29) is 11.5 Å². The number of phenolic OH excluding ortho intramolecular Hbond substituents is 2. The largest absolute Gasteiger partial charge is 0.506 e. The summed E-state index contributed by atoms with van der Waals surface area (Å²) >= 11 is 6.56. The molecule has 1 aromatic carbocycles.